The van der Waals surface area contributed by atoms with Crippen LogP contribution in [0.1, 0.15) is 4.88 Å². The highest BCUT2D eigenvalue weighted by Gasteiger charge is 1.93. The zero-order valence-electron chi connectivity index (χ0n) is 4.02. The van der Waals surface area contributed by atoms with E-state index in [4.69, 9.17) is 18.0 Å². The van der Waals surface area contributed by atoms with Gasteiger partial charge in [-0.2, -0.15) is 0 Å². The molecule has 0 aliphatic rings. The van der Waals surface area contributed by atoms with Crippen LogP contribution in [0.5, 0.6) is 0 Å². The molecular weight excluding hydrogens is 140 g/mol. The first-order chi connectivity index (χ1) is 3.84. The van der Waals surface area contributed by atoms with Crippen molar-refractivity contribution in [2.24, 2.45) is 0 Å². The summed E-state index contributed by atoms with van der Waals surface area (Å²) in [6.45, 7) is 0. The van der Waals surface area contributed by atoms with Crippen molar-refractivity contribution in [1.29, 1.82) is 0 Å². The molecule has 0 spiro atoms. The van der Waals surface area contributed by atoms with Gasteiger partial charge >= 0.3 is 0 Å². The standard InChI is InChI=1S/C6H3ClS/c1-2-6-5(7)3-4-8-6/h1,3-4H. The van der Waals surface area contributed by atoms with Crippen LogP contribution in [0.4, 0.5) is 0 Å². The van der Waals surface area contributed by atoms with Crippen LogP contribution in [0.15, 0.2) is 11.4 Å². The van der Waals surface area contributed by atoms with Crippen LogP contribution in [0, 0.1) is 12.3 Å². The highest BCUT2D eigenvalue weighted by Crippen LogP contribution is 2.19. The van der Waals surface area contributed by atoms with Crippen molar-refractivity contribution in [2.45, 2.75) is 0 Å². The lowest BCUT2D eigenvalue weighted by Gasteiger charge is -1.76. The minimum Gasteiger partial charge on any atom is -0.134 e. The predicted octanol–water partition coefficient (Wildman–Crippen LogP) is 2.38. The van der Waals surface area contributed by atoms with E-state index < -0.39 is 0 Å². The van der Waals surface area contributed by atoms with Crippen molar-refractivity contribution in [2.75, 3.05) is 0 Å². The summed E-state index contributed by atoms with van der Waals surface area (Å²) in [5, 5.41) is 2.55. The van der Waals surface area contributed by atoms with Gasteiger partial charge in [-0.25, -0.2) is 0 Å². The molecule has 0 atom stereocenters. The Kier molecular flexibility index (Phi) is 1.57. The second kappa shape index (κ2) is 2.21. The summed E-state index contributed by atoms with van der Waals surface area (Å²) in [4.78, 5) is 0.812. The molecule has 2 heteroatoms. The largest absolute Gasteiger partial charge is 0.134 e. The topological polar surface area (TPSA) is 0 Å². The summed E-state index contributed by atoms with van der Waals surface area (Å²) in [5.41, 5.74) is 0. The van der Waals surface area contributed by atoms with Crippen LogP contribution in [-0.2, 0) is 0 Å². The molecule has 1 aromatic rings. The van der Waals surface area contributed by atoms with Crippen molar-refractivity contribution in [3.8, 4) is 12.3 Å². The SMILES string of the molecule is C#Cc1sccc1Cl. The quantitative estimate of drug-likeness (QED) is 0.488. The minimum atomic E-state index is 0.678. The summed E-state index contributed by atoms with van der Waals surface area (Å²) in [5.74, 6) is 2.46. The number of hydrogen-bond donors (Lipinski definition) is 0. The molecule has 0 radical (unpaired) electrons. The molecule has 0 saturated heterocycles. The normalized spacial score (nSPS) is 8.50. The molecule has 0 fully saturated rings. The maximum atomic E-state index is 5.61. The van der Waals surface area contributed by atoms with E-state index in [0.717, 1.165) is 4.88 Å². The lowest BCUT2D eigenvalue weighted by atomic mass is 10.5. The number of hydrogen-bond acceptors (Lipinski definition) is 1. The molecule has 0 amide bonds. The van der Waals surface area contributed by atoms with Crippen LogP contribution >= 0.6 is 22.9 Å². The number of halogens is 1. The smallest absolute Gasteiger partial charge is 0.0951 e. The zero-order valence-corrected chi connectivity index (χ0v) is 5.59. The van der Waals surface area contributed by atoms with E-state index in [-0.39, 0.29) is 0 Å². The van der Waals surface area contributed by atoms with Gasteiger partial charge in [0.1, 0.15) is 0 Å². The molecule has 0 aliphatic carbocycles. The Morgan fingerprint density at radius 1 is 1.75 bits per heavy atom. The third-order valence-corrected chi connectivity index (χ3v) is 2.02. The lowest BCUT2D eigenvalue weighted by molar-refractivity contribution is 1.93. The Morgan fingerprint density at radius 2 is 2.50 bits per heavy atom. The molecule has 0 N–H and O–H groups in total. The fourth-order valence-electron chi connectivity index (χ4n) is 0.397. The van der Waals surface area contributed by atoms with Crippen LogP contribution in [0.3, 0.4) is 0 Å². The monoisotopic (exact) mass is 142 g/mol. The molecule has 0 aromatic carbocycles. The first-order valence-electron chi connectivity index (χ1n) is 2.04. The van der Waals surface area contributed by atoms with Crippen LogP contribution in [0.25, 0.3) is 0 Å². The van der Waals surface area contributed by atoms with E-state index in [1.807, 2.05) is 5.38 Å². The Labute approximate surface area is 57.1 Å². The Bertz CT molecular complexity index is 219. The summed E-state index contributed by atoms with van der Waals surface area (Å²) in [6, 6.07) is 1.79. The van der Waals surface area contributed by atoms with Crippen LogP contribution in [0.2, 0.25) is 5.02 Å². The maximum Gasteiger partial charge on any atom is 0.0951 e. The summed E-state index contributed by atoms with van der Waals surface area (Å²) < 4.78 is 0. The molecule has 8 heavy (non-hydrogen) atoms. The van der Waals surface area contributed by atoms with Crippen molar-refractivity contribution < 1.29 is 0 Å². The average molecular weight is 143 g/mol. The Morgan fingerprint density at radius 3 is 2.75 bits per heavy atom. The van der Waals surface area contributed by atoms with Crippen LogP contribution < -0.4 is 0 Å². The third kappa shape index (κ3) is 0.861. The number of thiophene rings is 1. The highest BCUT2D eigenvalue weighted by atomic mass is 35.5. The first-order valence-corrected chi connectivity index (χ1v) is 3.30. The molecule has 40 valence electrons. The molecular formula is C6H3ClS. The van der Waals surface area contributed by atoms with E-state index >= 15 is 0 Å². The van der Waals surface area contributed by atoms with Crippen molar-refractivity contribution in [1.82, 2.24) is 0 Å². The molecule has 0 saturated carbocycles. The summed E-state index contributed by atoms with van der Waals surface area (Å²) in [7, 11) is 0. The molecule has 1 rings (SSSR count). The van der Waals surface area contributed by atoms with Gasteiger partial charge in [-0.3, -0.25) is 0 Å². The van der Waals surface area contributed by atoms with Gasteiger partial charge in [0, 0.05) is 0 Å². The van der Waals surface area contributed by atoms with Crippen molar-refractivity contribution in [3.63, 3.8) is 0 Å². The lowest BCUT2D eigenvalue weighted by Crippen LogP contribution is -1.57. The van der Waals surface area contributed by atoms with Crippen molar-refractivity contribution >= 4 is 22.9 Å². The maximum absolute atomic E-state index is 5.61. The Hall–Kier alpha value is -0.450. The van der Waals surface area contributed by atoms with Crippen LogP contribution in [-0.4, -0.2) is 0 Å². The van der Waals surface area contributed by atoms with E-state index in [0.29, 0.717) is 5.02 Å². The van der Waals surface area contributed by atoms with E-state index in [1.54, 1.807) is 6.07 Å². The summed E-state index contributed by atoms with van der Waals surface area (Å²) in [6.07, 6.45) is 5.07. The first kappa shape index (κ1) is 5.68. The molecule has 1 heterocycles. The third-order valence-electron chi connectivity index (χ3n) is 0.748. The predicted molar refractivity (Wildman–Crippen MR) is 37.3 cm³/mol. The molecule has 0 nitrogen and oxygen atoms in total. The zero-order chi connectivity index (χ0) is 5.98. The molecule has 1 aromatic heterocycles. The second-order valence-corrected chi connectivity index (χ2v) is 2.57. The van der Waals surface area contributed by atoms with Gasteiger partial charge in [-0.05, 0) is 11.4 Å². The molecule has 0 aliphatic heterocycles. The fourth-order valence-corrected chi connectivity index (χ4v) is 1.31. The van der Waals surface area contributed by atoms with E-state index in [9.17, 15) is 0 Å². The van der Waals surface area contributed by atoms with Gasteiger partial charge < -0.3 is 0 Å². The van der Waals surface area contributed by atoms with Gasteiger partial charge in [0.25, 0.3) is 0 Å². The highest BCUT2D eigenvalue weighted by molar-refractivity contribution is 7.11. The van der Waals surface area contributed by atoms with Gasteiger partial charge in [0.2, 0.25) is 0 Å². The fraction of sp³-hybridized carbons (Fsp3) is 0. The molecule has 0 unspecified atom stereocenters. The average Bonchev–Trinajstić information content (AvgIpc) is 2.14. The second-order valence-electron chi connectivity index (χ2n) is 1.24. The van der Waals surface area contributed by atoms with E-state index in [2.05, 4.69) is 5.92 Å². The van der Waals surface area contributed by atoms with Gasteiger partial charge in [-0.15, -0.1) is 17.8 Å². The van der Waals surface area contributed by atoms with Gasteiger partial charge in [-0.1, -0.05) is 17.5 Å². The van der Waals surface area contributed by atoms with E-state index in [1.165, 1.54) is 11.3 Å². The molecule has 0 bridgehead atoms. The van der Waals surface area contributed by atoms with Gasteiger partial charge in [0.15, 0.2) is 0 Å². The van der Waals surface area contributed by atoms with Gasteiger partial charge in [0.05, 0.1) is 9.90 Å². The summed E-state index contributed by atoms with van der Waals surface area (Å²) >= 11 is 7.09. The Balaban J connectivity index is 3.15. The van der Waals surface area contributed by atoms with Crippen molar-refractivity contribution in [3.05, 3.63) is 21.3 Å². The minimum absolute atomic E-state index is 0.678. The number of rotatable bonds is 0. The number of terminal acetylenes is 1.